The fraction of sp³-hybridized carbons (Fsp3) is 0.688. The number of aliphatic imine (C=N–C) groups is 1. The van der Waals surface area contributed by atoms with Gasteiger partial charge in [0.15, 0.2) is 5.96 Å². The van der Waals surface area contributed by atoms with Gasteiger partial charge in [0.2, 0.25) is 0 Å². The number of nitrogens with zero attached hydrogens (tertiary/aromatic N) is 2. The Bertz CT molecular complexity index is 486. The normalized spacial score (nSPS) is 19.1. The molecule has 126 valence electrons. The van der Waals surface area contributed by atoms with Crippen LogP contribution in [0.15, 0.2) is 15.5 Å². The van der Waals surface area contributed by atoms with Crippen LogP contribution in [0.25, 0.3) is 0 Å². The molecule has 0 spiro atoms. The van der Waals surface area contributed by atoms with Crippen molar-refractivity contribution >= 4 is 29.9 Å². The minimum Gasteiger partial charge on any atom is -0.466 e. The lowest BCUT2D eigenvalue weighted by atomic mass is 10.2. The van der Waals surface area contributed by atoms with Crippen LogP contribution in [0.1, 0.15) is 36.8 Å². The first-order chi connectivity index (χ1) is 10.1. The Balaban J connectivity index is 0.00000242. The van der Waals surface area contributed by atoms with Gasteiger partial charge in [-0.2, -0.15) is 0 Å². The zero-order valence-electron chi connectivity index (χ0n) is 14.1. The van der Waals surface area contributed by atoms with Gasteiger partial charge in [-0.15, -0.1) is 24.0 Å². The van der Waals surface area contributed by atoms with Crippen molar-refractivity contribution < 1.29 is 4.42 Å². The van der Waals surface area contributed by atoms with Gasteiger partial charge in [-0.3, -0.25) is 9.89 Å². The highest BCUT2D eigenvalue weighted by molar-refractivity contribution is 14.0. The lowest BCUT2D eigenvalue weighted by Crippen LogP contribution is -2.44. The van der Waals surface area contributed by atoms with Crippen molar-refractivity contribution in [3.8, 4) is 0 Å². The fourth-order valence-corrected chi connectivity index (χ4v) is 3.02. The number of rotatable bonds is 5. The van der Waals surface area contributed by atoms with E-state index in [0.29, 0.717) is 6.04 Å². The van der Waals surface area contributed by atoms with Crippen molar-refractivity contribution in [2.45, 2.75) is 46.2 Å². The van der Waals surface area contributed by atoms with Crippen molar-refractivity contribution in [1.29, 1.82) is 0 Å². The van der Waals surface area contributed by atoms with Crippen LogP contribution in [0.2, 0.25) is 0 Å². The monoisotopic (exact) mass is 420 g/mol. The first kappa shape index (κ1) is 19.3. The second-order valence-electron chi connectivity index (χ2n) is 5.67. The van der Waals surface area contributed by atoms with E-state index in [2.05, 4.69) is 33.5 Å². The molecule has 2 rings (SSSR count). The van der Waals surface area contributed by atoms with Crippen LogP contribution in [-0.2, 0) is 6.54 Å². The van der Waals surface area contributed by atoms with Gasteiger partial charge in [0.05, 0.1) is 0 Å². The Hall–Kier alpha value is -0.760. The van der Waals surface area contributed by atoms with Crippen LogP contribution in [0.3, 0.4) is 0 Å². The average molecular weight is 420 g/mol. The maximum Gasteiger partial charge on any atom is 0.191 e. The smallest absolute Gasteiger partial charge is 0.191 e. The zero-order chi connectivity index (χ0) is 15.2. The van der Waals surface area contributed by atoms with Gasteiger partial charge >= 0.3 is 0 Å². The Labute approximate surface area is 150 Å². The number of nitrogens with one attached hydrogen (secondary N) is 2. The minimum atomic E-state index is 0. The average Bonchev–Trinajstić information content (AvgIpc) is 3.05. The van der Waals surface area contributed by atoms with Gasteiger partial charge in [0, 0.05) is 31.7 Å². The second kappa shape index (κ2) is 9.39. The summed E-state index contributed by atoms with van der Waals surface area (Å²) in [4.78, 5) is 6.83. The van der Waals surface area contributed by atoms with Gasteiger partial charge < -0.3 is 15.1 Å². The highest BCUT2D eigenvalue weighted by Gasteiger charge is 2.22. The van der Waals surface area contributed by atoms with Crippen LogP contribution in [0.5, 0.6) is 0 Å². The molecule has 0 bridgehead atoms. The molecule has 2 N–H and O–H groups in total. The van der Waals surface area contributed by atoms with Crippen LogP contribution < -0.4 is 10.6 Å². The predicted octanol–water partition coefficient (Wildman–Crippen LogP) is 2.66. The van der Waals surface area contributed by atoms with Crippen molar-refractivity contribution in [3.63, 3.8) is 0 Å². The number of furan rings is 1. The molecule has 5 nitrogen and oxygen atoms in total. The van der Waals surface area contributed by atoms with E-state index in [4.69, 9.17) is 4.42 Å². The lowest BCUT2D eigenvalue weighted by molar-refractivity contribution is 0.267. The number of likely N-dealkylation sites (N-methyl/N-ethyl adjacent to an activating group) is 1. The third-order valence-corrected chi connectivity index (χ3v) is 4.22. The Morgan fingerprint density at radius 1 is 1.41 bits per heavy atom. The maximum atomic E-state index is 5.54. The summed E-state index contributed by atoms with van der Waals surface area (Å²) in [5, 5.41) is 6.80. The summed E-state index contributed by atoms with van der Waals surface area (Å²) in [7, 11) is 1.81. The number of hydrogen-bond donors (Lipinski definition) is 2. The van der Waals surface area contributed by atoms with Gasteiger partial charge in [-0.25, -0.2) is 0 Å². The first-order valence-electron chi connectivity index (χ1n) is 7.88. The Morgan fingerprint density at radius 2 is 2.18 bits per heavy atom. The molecule has 6 heteroatoms. The quantitative estimate of drug-likeness (QED) is 0.437. The standard InChI is InChI=1S/C16H28N4O.HI/c1-5-20-8-6-7-15(20)11-19-16(17-4)18-10-14-9-12(2)21-13(14)3;/h9,15H,5-8,10-11H2,1-4H3,(H2,17,18,19);1H. The zero-order valence-corrected chi connectivity index (χ0v) is 16.4. The summed E-state index contributed by atoms with van der Waals surface area (Å²) in [5.74, 6) is 2.79. The molecular weight excluding hydrogens is 391 g/mol. The third kappa shape index (κ3) is 5.15. The van der Waals surface area contributed by atoms with Crippen molar-refractivity contribution in [2.24, 2.45) is 4.99 Å². The Morgan fingerprint density at radius 3 is 2.77 bits per heavy atom. The first-order valence-corrected chi connectivity index (χ1v) is 7.88. The molecule has 0 aliphatic carbocycles. The van der Waals surface area contributed by atoms with E-state index in [1.807, 2.05) is 20.9 Å². The second-order valence-corrected chi connectivity index (χ2v) is 5.67. The van der Waals surface area contributed by atoms with E-state index >= 15 is 0 Å². The molecule has 0 radical (unpaired) electrons. The van der Waals surface area contributed by atoms with Crippen LogP contribution in [0, 0.1) is 13.8 Å². The molecule has 22 heavy (non-hydrogen) atoms. The SMILES string of the molecule is CCN1CCCC1CNC(=NC)NCc1cc(C)oc1C.I. The van der Waals surface area contributed by atoms with E-state index in [0.717, 1.165) is 37.1 Å². The molecule has 0 saturated carbocycles. The van der Waals surface area contributed by atoms with E-state index in [-0.39, 0.29) is 24.0 Å². The minimum absolute atomic E-state index is 0. The molecule has 1 aliphatic rings. The molecule has 1 aromatic rings. The van der Waals surface area contributed by atoms with Gasteiger partial charge in [-0.05, 0) is 45.8 Å². The van der Waals surface area contributed by atoms with E-state index < -0.39 is 0 Å². The van der Waals surface area contributed by atoms with E-state index in [9.17, 15) is 0 Å². The summed E-state index contributed by atoms with van der Waals surface area (Å²) in [6, 6.07) is 2.71. The highest BCUT2D eigenvalue weighted by Crippen LogP contribution is 2.15. The van der Waals surface area contributed by atoms with Gasteiger partial charge in [-0.1, -0.05) is 6.92 Å². The van der Waals surface area contributed by atoms with Gasteiger partial charge in [0.25, 0.3) is 0 Å². The van der Waals surface area contributed by atoms with Crippen molar-refractivity contribution in [1.82, 2.24) is 15.5 Å². The lowest BCUT2D eigenvalue weighted by Gasteiger charge is -2.23. The molecule has 1 aromatic heterocycles. The summed E-state index contributed by atoms with van der Waals surface area (Å²) in [6.45, 7) is 10.3. The summed E-state index contributed by atoms with van der Waals surface area (Å²) in [6.07, 6.45) is 2.58. The number of hydrogen-bond acceptors (Lipinski definition) is 3. The largest absolute Gasteiger partial charge is 0.466 e. The number of likely N-dealkylation sites (tertiary alicyclic amines) is 1. The summed E-state index contributed by atoms with van der Waals surface area (Å²) >= 11 is 0. The molecule has 1 fully saturated rings. The number of halogens is 1. The topological polar surface area (TPSA) is 52.8 Å². The van der Waals surface area contributed by atoms with Crippen LogP contribution in [0.4, 0.5) is 0 Å². The fourth-order valence-electron chi connectivity index (χ4n) is 3.02. The summed E-state index contributed by atoms with van der Waals surface area (Å²) in [5.41, 5.74) is 1.19. The molecule has 2 heterocycles. The third-order valence-electron chi connectivity index (χ3n) is 4.22. The predicted molar refractivity (Wildman–Crippen MR) is 102 cm³/mol. The molecule has 1 aliphatic heterocycles. The summed E-state index contributed by atoms with van der Waals surface area (Å²) < 4.78 is 5.54. The molecular formula is C16H29IN4O. The van der Waals surface area contributed by atoms with E-state index in [1.165, 1.54) is 24.9 Å². The van der Waals surface area contributed by atoms with Crippen LogP contribution >= 0.6 is 24.0 Å². The molecule has 1 unspecified atom stereocenters. The molecule has 0 amide bonds. The van der Waals surface area contributed by atoms with Gasteiger partial charge in [0.1, 0.15) is 11.5 Å². The van der Waals surface area contributed by atoms with Crippen LogP contribution in [-0.4, -0.2) is 43.6 Å². The number of aryl methyl sites for hydroxylation is 2. The molecule has 0 aromatic carbocycles. The van der Waals surface area contributed by atoms with Crippen molar-refractivity contribution in [3.05, 3.63) is 23.2 Å². The molecule has 1 atom stereocenters. The molecule has 1 saturated heterocycles. The highest BCUT2D eigenvalue weighted by atomic mass is 127. The number of guanidine groups is 1. The maximum absolute atomic E-state index is 5.54. The van der Waals surface area contributed by atoms with Crippen molar-refractivity contribution in [2.75, 3.05) is 26.7 Å². The Kier molecular flexibility index (Phi) is 8.24. The van der Waals surface area contributed by atoms with E-state index in [1.54, 1.807) is 0 Å².